The fraction of sp³-hybridized carbons (Fsp3) is 0.0417. The Bertz CT molecular complexity index is 917. The van der Waals surface area contributed by atoms with Crippen LogP contribution in [0.3, 0.4) is 0 Å². The van der Waals surface area contributed by atoms with Crippen molar-refractivity contribution in [2.24, 2.45) is 0 Å². The highest BCUT2D eigenvalue weighted by molar-refractivity contribution is 6.17. The molecule has 0 aliphatic rings. The summed E-state index contributed by atoms with van der Waals surface area (Å²) < 4.78 is 2.23. The number of rotatable bonds is 5. The summed E-state index contributed by atoms with van der Waals surface area (Å²) in [5.41, 5.74) is 5.83. The molecule has 0 bridgehead atoms. The van der Waals surface area contributed by atoms with Crippen molar-refractivity contribution in [3.05, 3.63) is 132 Å². The Morgan fingerprint density at radius 3 is 1.77 bits per heavy atom. The topological polar surface area (TPSA) is 4.93 Å². The molecule has 26 heavy (non-hydrogen) atoms. The number of aromatic nitrogens is 1. The van der Waals surface area contributed by atoms with Crippen LogP contribution in [0.2, 0.25) is 0 Å². The summed E-state index contributed by atoms with van der Waals surface area (Å²) in [6.07, 6.45) is 2.11. The first-order valence-electron chi connectivity index (χ1n) is 8.67. The van der Waals surface area contributed by atoms with E-state index in [1.807, 2.05) is 0 Å². The zero-order valence-electron chi connectivity index (χ0n) is 14.3. The number of benzene rings is 3. The van der Waals surface area contributed by atoms with Crippen LogP contribution in [0.15, 0.2) is 103 Å². The summed E-state index contributed by atoms with van der Waals surface area (Å²) in [5.74, 6) is 1.75. The number of hydrogen-bond donors (Lipinski definition) is 0. The van der Waals surface area contributed by atoms with Gasteiger partial charge in [-0.1, -0.05) is 72.8 Å². The van der Waals surface area contributed by atoms with E-state index in [4.69, 9.17) is 11.6 Å². The fourth-order valence-electron chi connectivity index (χ4n) is 3.23. The molecule has 4 aromatic rings. The molecular formula is C24H19ClN. The Balaban J connectivity index is 1.84. The van der Waals surface area contributed by atoms with Gasteiger partial charge in [-0.05, 0) is 41.0 Å². The fourth-order valence-corrected chi connectivity index (χ4v) is 3.41. The highest BCUT2D eigenvalue weighted by Crippen LogP contribution is 2.32. The largest absolute Gasteiger partial charge is 0.320 e. The quantitative estimate of drug-likeness (QED) is 0.373. The van der Waals surface area contributed by atoms with E-state index in [2.05, 4.69) is 108 Å². The second kappa shape index (κ2) is 7.63. The van der Waals surface area contributed by atoms with Crippen LogP contribution in [0.25, 0.3) is 5.69 Å². The van der Waals surface area contributed by atoms with Gasteiger partial charge in [-0.25, -0.2) is 0 Å². The van der Waals surface area contributed by atoms with Crippen molar-refractivity contribution in [3.63, 3.8) is 0 Å². The zero-order chi connectivity index (χ0) is 17.8. The molecule has 4 rings (SSSR count). The second-order valence-electron chi connectivity index (χ2n) is 6.17. The van der Waals surface area contributed by atoms with Crippen LogP contribution in [-0.4, -0.2) is 4.57 Å². The van der Waals surface area contributed by atoms with Crippen molar-refractivity contribution in [1.82, 2.24) is 4.57 Å². The number of hydrogen-bond acceptors (Lipinski definition) is 0. The molecule has 1 radical (unpaired) electrons. The highest BCUT2D eigenvalue weighted by Gasteiger charge is 2.21. The molecule has 3 aromatic carbocycles. The normalized spacial score (nSPS) is 11.0. The smallest absolute Gasteiger partial charge is 0.0800 e. The zero-order valence-corrected chi connectivity index (χ0v) is 15.1. The van der Waals surface area contributed by atoms with E-state index < -0.39 is 0 Å². The molecule has 0 amide bonds. The molecule has 127 valence electrons. The van der Waals surface area contributed by atoms with E-state index in [1.165, 1.54) is 22.7 Å². The van der Waals surface area contributed by atoms with E-state index >= 15 is 0 Å². The summed E-state index contributed by atoms with van der Waals surface area (Å²) in [6.45, 7) is 0. The van der Waals surface area contributed by atoms with Gasteiger partial charge in [0, 0.05) is 23.5 Å². The minimum absolute atomic E-state index is 0.532. The second-order valence-corrected chi connectivity index (χ2v) is 6.44. The SMILES string of the molecule is ClCc1ccc(-n2cccc2[C](c2ccccc2)c2ccccc2)cc1. The maximum absolute atomic E-state index is 5.94. The van der Waals surface area contributed by atoms with Crippen molar-refractivity contribution in [2.45, 2.75) is 5.88 Å². The molecule has 0 N–H and O–H groups in total. The van der Waals surface area contributed by atoms with Crippen LogP contribution in [0.4, 0.5) is 0 Å². The molecular weight excluding hydrogens is 338 g/mol. The van der Waals surface area contributed by atoms with E-state index in [9.17, 15) is 0 Å². The Morgan fingerprint density at radius 2 is 1.23 bits per heavy atom. The van der Waals surface area contributed by atoms with Gasteiger partial charge in [-0.15, -0.1) is 11.6 Å². The Hall–Kier alpha value is -2.77. The van der Waals surface area contributed by atoms with Gasteiger partial charge in [-0.3, -0.25) is 0 Å². The van der Waals surface area contributed by atoms with Crippen molar-refractivity contribution in [3.8, 4) is 5.69 Å². The summed E-state index contributed by atoms with van der Waals surface area (Å²) >= 11 is 5.94. The standard InChI is InChI=1S/C24H19ClN/c25-18-19-13-15-22(16-14-19)26-17-7-12-23(26)24(20-8-3-1-4-9-20)21-10-5-2-6-11-21/h1-17H,18H2. The number of alkyl halides is 1. The molecule has 0 saturated carbocycles. The molecule has 0 fully saturated rings. The Labute approximate surface area is 159 Å². The van der Waals surface area contributed by atoms with Gasteiger partial charge in [0.05, 0.1) is 5.92 Å². The molecule has 0 aliphatic heterocycles. The first-order chi connectivity index (χ1) is 12.9. The van der Waals surface area contributed by atoms with E-state index in [-0.39, 0.29) is 0 Å². The summed E-state index contributed by atoms with van der Waals surface area (Å²) in [7, 11) is 0. The van der Waals surface area contributed by atoms with Gasteiger partial charge in [0.2, 0.25) is 0 Å². The highest BCUT2D eigenvalue weighted by atomic mass is 35.5. The molecule has 1 nitrogen and oxygen atoms in total. The van der Waals surface area contributed by atoms with Gasteiger partial charge >= 0.3 is 0 Å². The molecule has 0 saturated heterocycles. The van der Waals surface area contributed by atoms with Crippen LogP contribution in [0.1, 0.15) is 22.4 Å². The van der Waals surface area contributed by atoms with Crippen LogP contribution in [0.5, 0.6) is 0 Å². The maximum Gasteiger partial charge on any atom is 0.0800 e. The van der Waals surface area contributed by atoms with Crippen LogP contribution >= 0.6 is 11.6 Å². The van der Waals surface area contributed by atoms with Gasteiger partial charge < -0.3 is 4.57 Å². The minimum Gasteiger partial charge on any atom is -0.320 e. The van der Waals surface area contributed by atoms with Crippen molar-refractivity contribution in [2.75, 3.05) is 0 Å². The van der Waals surface area contributed by atoms with Crippen molar-refractivity contribution >= 4 is 11.6 Å². The Kier molecular flexibility index (Phi) is 4.90. The first-order valence-corrected chi connectivity index (χ1v) is 9.21. The summed E-state index contributed by atoms with van der Waals surface area (Å²) in [4.78, 5) is 0. The van der Waals surface area contributed by atoms with Crippen LogP contribution in [-0.2, 0) is 5.88 Å². The average Bonchev–Trinajstić information content (AvgIpc) is 3.19. The third-order valence-electron chi connectivity index (χ3n) is 4.50. The number of nitrogens with zero attached hydrogens (tertiary/aromatic N) is 1. The van der Waals surface area contributed by atoms with Gasteiger partial charge in [-0.2, -0.15) is 0 Å². The Morgan fingerprint density at radius 1 is 0.654 bits per heavy atom. The lowest BCUT2D eigenvalue weighted by Gasteiger charge is -2.20. The third-order valence-corrected chi connectivity index (χ3v) is 4.81. The van der Waals surface area contributed by atoms with Gasteiger partial charge in [0.25, 0.3) is 0 Å². The van der Waals surface area contributed by atoms with Crippen molar-refractivity contribution < 1.29 is 0 Å². The predicted octanol–water partition coefficient (Wildman–Crippen LogP) is 6.24. The lowest BCUT2D eigenvalue weighted by Crippen LogP contribution is -2.10. The van der Waals surface area contributed by atoms with E-state index in [1.54, 1.807) is 0 Å². The molecule has 0 unspecified atom stereocenters. The van der Waals surface area contributed by atoms with E-state index in [0.717, 1.165) is 11.3 Å². The monoisotopic (exact) mass is 356 g/mol. The average molecular weight is 357 g/mol. The molecule has 0 spiro atoms. The summed E-state index contributed by atoms with van der Waals surface area (Å²) in [6, 6.07) is 33.8. The van der Waals surface area contributed by atoms with E-state index in [0.29, 0.717) is 5.88 Å². The molecule has 2 heteroatoms. The lowest BCUT2D eigenvalue weighted by atomic mass is 9.88. The van der Waals surface area contributed by atoms with Gasteiger partial charge in [0.1, 0.15) is 0 Å². The number of halogens is 1. The maximum atomic E-state index is 5.94. The predicted molar refractivity (Wildman–Crippen MR) is 109 cm³/mol. The van der Waals surface area contributed by atoms with Crippen LogP contribution in [0, 0.1) is 5.92 Å². The molecule has 0 aliphatic carbocycles. The lowest BCUT2D eigenvalue weighted by molar-refractivity contribution is 0.987. The molecule has 1 heterocycles. The third kappa shape index (κ3) is 3.31. The van der Waals surface area contributed by atoms with Crippen molar-refractivity contribution in [1.29, 1.82) is 0 Å². The first kappa shape index (κ1) is 16.7. The molecule has 1 aromatic heterocycles. The van der Waals surface area contributed by atoms with Crippen LogP contribution < -0.4 is 0 Å². The molecule has 0 atom stereocenters. The minimum atomic E-state index is 0.532. The van der Waals surface area contributed by atoms with Gasteiger partial charge in [0.15, 0.2) is 0 Å². The summed E-state index contributed by atoms with van der Waals surface area (Å²) in [5, 5.41) is 0.